The Labute approximate surface area is 135 Å². The van der Waals surface area contributed by atoms with Crippen molar-refractivity contribution in [3.63, 3.8) is 0 Å². The topological polar surface area (TPSA) is 50.1 Å². The van der Waals surface area contributed by atoms with Crippen LogP contribution in [0.5, 0.6) is 0 Å². The van der Waals surface area contributed by atoms with E-state index in [2.05, 4.69) is 10.3 Å². The van der Waals surface area contributed by atoms with E-state index in [1.807, 2.05) is 6.07 Å². The van der Waals surface area contributed by atoms with Crippen LogP contribution in [-0.2, 0) is 0 Å². The molecule has 0 saturated heterocycles. The zero-order chi connectivity index (χ0) is 16.9. The Morgan fingerprint density at radius 2 is 1.75 bits per heavy atom. The molecular formula is C17H14F3N3O. The molecule has 4 rings (SSSR count). The summed E-state index contributed by atoms with van der Waals surface area (Å²) in [5.41, 5.74) is -1.04. The molecule has 1 aliphatic rings. The number of rotatable bonds is 1. The zero-order valence-electron chi connectivity index (χ0n) is 12.5. The molecule has 2 heterocycles. The van der Waals surface area contributed by atoms with Crippen molar-refractivity contribution >= 4 is 17.0 Å². The quantitative estimate of drug-likeness (QED) is 0.714. The number of para-hydroxylation sites is 2. The number of nitrogens with one attached hydrogen (secondary N) is 1. The molecule has 0 amide bonds. The van der Waals surface area contributed by atoms with Crippen LogP contribution in [0.2, 0.25) is 0 Å². The van der Waals surface area contributed by atoms with Gasteiger partial charge in [0.1, 0.15) is 0 Å². The van der Waals surface area contributed by atoms with E-state index in [4.69, 9.17) is 0 Å². The second-order valence-corrected chi connectivity index (χ2v) is 5.91. The number of aromatic nitrogens is 2. The first kappa shape index (κ1) is 15.0. The molecule has 3 aromatic rings. The fourth-order valence-corrected chi connectivity index (χ4v) is 3.18. The number of hydrogen-bond acceptors (Lipinski definition) is 3. The lowest BCUT2D eigenvalue weighted by molar-refractivity contribution is -0.254. The monoisotopic (exact) mass is 333 g/mol. The van der Waals surface area contributed by atoms with Crippen LogP contribution in [0.15, 0.2) is 54.6 Å². The number of anilines is 1. The predicted molar refractivity (Wildman–Crippen MR) is 83.6 cm³/mol. The molecular weight excluding hydrogens is 319 g/mol. The van der Waals surface area contributed by atoms with Crippen LogP contribution in [-0.4, -0.2) is 26.6 Å². The number of halogens is 3. The average Bonchev–Trinajstić information content (AvgIpc) is 2.91. The molecule has 2 aromatic carbocycles. The van der Waals surface area contributed by atoms with Crippen LogP contribution in [0.1, 0.15) is 18.0 Å². The molecule has 1 aromatic heterocycles. The molecule has 0 saturated carbocycles. The van der Waals surface area contributed by atoms with Crippen molar-refractivity contribution < 1.29 is 18.3 Å². The lowest BCUT2D eigenvalue weighted by Crippen LogP contribution is -2.56. The molecule has 0 aliphatic carbocycles. The van der Waals surface area contributed by atoms with Crippen LogP contribution >= 0.6 is 0 Å². The van der Waals surface area contributed by atoms with Crippen molar-refractivity contribution in [1.29, 1.82) is 0 Å². The Balaban J connectivity index is 1.95. The Hall–Kier alpha value is -2.54. The lowest BCUT2D eigenvalue weighted by Gasteiger charge is -2.40. The largest absolute Gasteiger partial charge is 0.436 e. The third-order valence-electron chi connectivity index (χ3n) is 4.37. The van der Waals surface area contributed by atoms with Crippen molar-refractivity contribution in [2.45, 2.75) is 24.4 Å². The fraction of sp³-hybridized carbons (Fsp3) is 0.235. The molecule has 0 unspecified atom stereocenters. The Kier molecular flexibility index (Phi) is 3.11. The van der Waals surface area contributed by atoms with E-state index in [9.17, 15) is 18.3 Å². The molecule has 0 radical (unpaired) electrons. The highest BCUT2D eigenvalue weighted by molar-refractivity contribution is 5.79. The van der Waals surface area contributed by atoms with Gasteiger partial charge < -0.3 is 15.0 Å². The Morgan fingerprint density at radius 3 is 2.46 bits per heavy atom. The van der Waals surface area contributed by atoms with Crippen LogP contribution in [0.4, 0.5) is 19.1 Å². The lowest BCUT2D eigenvalue weighted by atomic mass is 9.94. The average molecular weight is 333 g/mol. The van der Waals surface area contributed by atoms with E-state index in [0.717, 1.165) is 5.52 Å². The first-order valence-corrected chi connectivity index (χ1v) is 7.48. The minimum atomic E-state index is -4.82. The molecule has 2 atom stereocenters. The summed E-state index contributed by atoms with van der Waals surface area (Å²) in [6.07, 6.45) is -5.35. The number of nitrogens with zero attached hydrogens (tertiary/aromatic N) is 2. The van der Waals surface area contributed by atoms with Gasteiger partial charge in [0, 0.05) is 6.42 Å². The Morgan fingerprint density at radius 1 is 1.08 bits per heavy atom. The third-order valence-corrected chi connectivity index (χ3v) is 4.37. The highest BCUT2D eigenvalue weighted by Crippen LogP contribution is 2.45. The van der Waals surface area contributed by atoms with Gasteiger partial charge in [-0.3, -0.25) is 0 Å². The molecule has 0 fully saturated rings. The third kappa shape index (κ3) is 2.16. The van der Waals surface area contributed by atoms with E-state index in [1.165, 1.54) is 0 Å². The van der Waals surface area contributed by atoms with Gasteiger partial charge in [-0.2, -0.15) is 13.2 Å². The SMILES string of the molecule is O[C@@]1(C(F)(F)F)C[C@H](c2ccccc2)n2c(nc3ccccc32)N1. The van der Waals surface area contributed by atoms with Gasteiger partial charge in [0.15, 0.2) is 0 Å². The van der Waals surface area contributed by atoms with Crippen LogP contribution in [0, 0.1) is 0 Å². The summed E-state index contributed by atoms with van der Waals surface area (Å²) < 4.78 is 42.0. The van der Waals surface area contributed by atoms with Gasteiger partial charge in [0.05, 0.1) is 17.1 Å². The molecule has 0 bridgehead atoms. The van der Waals surface area contributed by atoms with Crippen molar-refractivity contribution in [2.24, 2.45) is 0 Å². The molecule has 4 nitrogen and oxygen atoms in total. The standard InChI is InChI=1S/C17H14F3N3O/c18-17(19,20)16(24)10-14(11-6-2-1-3-7-11)23-13-9-5-4-8-12(13)21-15(23)22-16/h1-9,14,24H,10H2,(H,21,22)/t14-,16-/m1/s1. The summed E-state index contributed by atoms with van der Waals surface area (Å²) in [7, 11) is 0. The van der Waals surface area contributed by atoms with Crippen molar-refractivity contribution in [2.75, 3.05) is 5.32 Å². The number of aliphatic hydroxyl groups is 1. The Bertz CT molecular complexity index is 891. The highest BCUT2D eigenvalue weighted by atomic mass is 19.4. The maximum absolute atomic E-state index is 13.4. The molecule has 1 aliphatic heterocycles. The zero-order valence-corrected chi connectivity index (χ0v) is 12.5. The molecule has 2 N–H and O–H groups in total. The summed E-state index contributed by atoms with van der Waals surface area (Å²) in [5, 5.41) is 12.4. The predicted octanol–water partition coefficient (Wildman–Crippen LogP) is 3.69. The molecule has 124 valence electrons. The van der Waals surface area contributed by atoms with E-state index in [-0.39, 0.29) is 5.95 Å². The molecule has 24 heavy (non-hydrogen) atoms. The summed E-state index contributed by atoms with van der Waals surface area (Å²) in [6, 6.07) is 15.3. The van der Waals surface area contributed by atoms with Crippen LogP contribution in [0.25, 0.3) is 11.0 Å². The summed E-state index contributed by atoms with van der Waals surface area (Å²) >= 11 is 0. The molecule has 0 spiro atoms. The minimum Gasteiger partial charge on any atom is -0.363 e. The maximum Gasteiger partial charge on any atom is 0.436 e. The second kappa shape index (κ2) is 4.98. The fourth-order valence-electron chi connectivity index (χ4n) is 3.18. The first-order chi connectivity index (χ1) is 11.4. The van der Waals surface area contributed by atoms with Crippen LogP contribution < -0.4 is 5.32 Å². The number of hydrogen-bond donors (Lipinski definition) is 2. The number of alkyl halides is 3. The van der Waals surface area contributed by atoms with E-state index in [1.54, 1.807) is 53.1 Å². The maximum atomic E-state index is 13.4. The van der Waals surface area contributed by atoms with Crippen molar-refractivity contribution in [1.82, 2.24) is 9.55 Å². The normalized spacial score (nSPS) is 23.8. The van der Waals surface area contributed by atoms with Crippen molar-refractivity contribution in [3.8, 4) is 0 Å². The van der Waals surface area contributed by atoms with Gasteiger partial charge in [-0.25, -0.2) is 4.98 Å². The second-order valence-electron chi connectivity index (χ2n) is 5.91. The van der Waals surface area contributed by atoms with Gasteiger partial charge in [-0.15, -0.1) is 0 Å². The van der Waals surface area contributed by atoms with Crippen molar-refractivity contribution in [3.05, 3.63) is 60.2 Å². The first-order valence-electron chi connectivity index (χ1n) is 7.48. The van der Waals surface area contributed by atoms with Gasteiger partial charge in [0.25, 0.3) is 0 Å². The minimum absolute atomic E-state index is 0.0103. The molecule has 7 heteroatoms. The van der Waals surface area contributed by atoms with Crippen LogP contribution in [0.3, 0.4) is 0 Å². The summed E-state index contributed by atoms with van der Waals surface area (Å²) in [6.45, 7) is 0. The summed E-state index contributed by atoms with van der Waals surface area (Å²) in [5.74, 6) is 0.0103. The number of imidazole rings is 1. The highest BCUT2D eigenvalue weighted by Gasteiger charge is 2.58. The number of fused-ring (bicyclic) bond motifs is 3. The number of benzene rings is 2. The van der Waals surface area contributed by atoms with Gasteiger partial charge in [-0.05, 0) is 17.7 Å². The van der Waals surface area contributed by atoms with E-state index < -0.39 is 24.4 Å². The van der Waals surface area contributed by atoms with Gasteiger partial charge in [-0.1, -0.05) is 42.5 Å². The van der Waals surface area contributed by atoms with Gasteiger partial charge >= 0.3 is 6.18 Å². The summed E-state index contributed by atoms with van der Waals surface area (Å²) in [4.78, 5) is 4.23. The van der Waals surface area contributed by atoms with E-state index >= 15 is 0 Å². The smallest absolute Gasteiger partial charge is 0.363 e. The van der Waals surface area contributed by atoms with Gasteiger partial charge in [0.2, 0.25) is 11.7 Å². The van der Waals surface area contributed by atoms with E-state index in [0.29, 0.717) is 11.1 Å².